The van der Waals surface area contributed by atoms with Crippen molar-refractivity contribution in [2.24, 2.45) is 5.92 Å². The molecule has 0 bridgehead atoms. The first kappa shape index (κ1) is 15.3. The predicted molar refractivity (Wildman–Crippen MR) is 79.6 cm³/mol. The van der Waals surface area contributed by atoms with Crippen molar-refractivity contribution in [2.75, 3.05) is 31.7 Å². The fourth-order valence-corrected chi connectivity index (χ4v) is 3.22. The van der Waals surface area contributed by atoms with E-state index in [1.165, 1.54) is 17.8 Å². The second-order valence-corrected chi connectivity index (χ2v) is 6.75. The quantitative estimate of drug-likeness (QED) is 0.904. The van der Waals surface area contributed by atoms with Crippen LogP contribution < -0.4 is 4.90 Å². The summed E-state index contributed by atoms with van der Waals surface area (Å²) in [7, 11) is 2.00. The zero-order valence-electron chi connectivity index (χ0n) is 12.3. The highest BCUT2D eigenvalue weighted by Crippen LogP contribution is 2.29. The summed E-state index contributed by atoms with van der Waals surface area (Å²) in [5, 5.41) is 12.0. The van der Waals surface area contributed by atoms with E-state index >= 15 is 0 Å². The molecule has 1 atom stereocenters. The average Bonchev–Trinajstić information content (AvgIpc) is 2.90. The van der Waals surface area contributed by atoms with Gasteiger partial charge in [-0.05, 0) is 32.6 Å². The van der Waals surface area contributed by atoms with Crippen LogP contribution in [0.15, 0.2) is 5.38 Å². The molecule has 0 radical (unpaired) electrons. The lowest BCUT2D eigenvalue weighted by Crippen LogP contribution is -2.31. The fraction of sp³-hybridized carbons (Fsp3) is 0.714. The van der Waals surface area contributed by atoms with Gasteiger partial charge >= 0.3 is 5.97 Å². The molecule has 1 aromatic heterocycles. The van der Waals surface area contributed by atoms with Gasteiger partial charge in [-0.3, -0.25) is 4.79 Å². The smallest absolute Gasteiger partial charge is 0.315 e. The van der Waals surface area contributed by atoms with E-state index in [0.29, 0.717) is 11.6 Å². The molecule has 1 N–H and O–H groups in total. The molecule has 112 valence electrons. The molecule has 0 aromatic carbocycles. The minimum absolute atomic E-state index is 0.536. The van der Waals surface area contributed by atoms with Crippen molar-refractivity contribution in [1.82, 2.24) is 4.98 Å². The molecular formula is C14H22N2O3S. The van der Waals surface area contributed by atoms with Gasteiger partial charge in [0.05, 0.1) is 12.3 Å². The average molecular weight is 298 g/mol. The molecule has 5 nitrogen and oxygen atoms in total. The van der Waals surface area contributed by atoms with Crippen LogP contribution in [-0.2, 0) is 14.9 Å². The van der Waals surface area contributed by atoms with Crippen molar-refractivity contribution >= 4 is 22.4 Å². The number of hydrogen-bond acceptors (Lipinski definition) is 5. The van der Waals surface area contributed by atoms with Crippen LogP contribution in [0.25, 0.3) is 0 Å². The van der Waals surface area contributed by atoms with Gasteiger partial charge in [-0.25, -0.2) is 4.98 Å². The molecule has 0 amide bonds. The first-order valence-corrected chi connectivity index (χ1v) is 7.77. The van der Waals surface area contributed by atoms with E-state index in [9.17, 15) is 9.90 Å². The monoisotopic (exact) mass is 298 g/mol. The van der Waals surface area contributed by atoms with Gasteiger partial charge in [0.2, 0.25) is 0 Å². The third kappa shape index (κ3) is 3.30. The van der Waals surface area contributed by atoms with E-state index in [0.717, 1.165) is 31.3 Å². The number of aromatic nitrogens is 1. The topological polar surface area (TPSA) is 62.7 Å². The molecule has 6 heteroatoms. The van der Waals surface area contributed by atoms with Gasteiger partial charge in [0.25, 0.3) is 0 Å². The Morgan fingerprint density at radius 1 is 1.65 bits per heavy atom. The maximum absolute atomic E-state index is 11.3. The first-order chi connectivity index (χ1) is 9.41. The second kappa shape index (κ2) is 6.10. The van der Waals surface area contributed by atoms with E-state index in [1.807, 2.05) is 12.4 Å². The highest BCUT2D eigenvalue weighted by atomic mass is 32.1. The highest BCUT2D eigenvalue weighted by Gasteiger charge is 2.32. The minimum atomic E-state index is -0.941. The van der Waals surface area contributed by atoms with E-state index in [2.05, 4.69) is 9.88 Å². The largest absolute Gasteiger partial charge is 0.481 e. The van der Waals surface area contributed by atoms with Gasteiger partial charge in [-0.1, -0.05) is 0 Å². The van der Waals surface area contributed by atoms with Gasteiger partial charge in [0, 0.05) is 25.6 Å². The lowest BCUT2D eigenvalue weighted by molar-refractivity contribution is -0.142. The minimum Gasteiger partial charge on any atom is -0.481 e. The maximum Gasteiger partial charge on any atom is 0.315 e. The van der Waals surface area contributed by atoms with Gasteiger partial charge in [-0.2, -0.15) is 0 Å². The van der Waals surface area contributed by atoms with Gasteiger partial charge in [-0.15, -0.1) is 11.3 Å². The number of carbonyl (C=O) groups is 1. The lowest BCUT2D eigenvalue weighted by atomic mass is 9.90. The zero-order chi connectivity index (χ0) is 14.8. The summed E-state index contributed by atoms with van der Waals surface area (Å²) in [6.45, 7) is 5.95. The number of ether oxygens (including phenoxy) is 1. The van der Waals surface area contributed by atoms with E-state index < -0.39 is 11.4 Å². The number of anilines is 1. The van der Waals surface area contributed by atoms with Crippen LogP contribution in [0, 0.1) is 5.92 Å². The molecule has 1 aromatic rings. The number of thiazole rings is 1. The van der Waals surface area contributed by atoms with Gasteiger partial charge in [0.15, 0.2) is 5.13 Å². The molecule has 1 saturated heterocycles. The Bertz CT molecular complexity index is 467. The summed E-state index contributed by atoms with van der Waals surface area (Å²) in [6, 6.07) is 0. The fourth-order valence-electron chi connectivity index (χ4n) is 2.25. The Morgan fingerprint density at radius 3 is 3.00 bits per heavy atom. The SMILES string of the molecule is CN(CC1CCCOC1)c1nc(C(C)(C)C(=O)O)cs1. The van der Waals surface area contributed by atoms with Crippen LogP contribution in [0.5, 0.6) is 0 Å². The van der Waals surface area contributed by atoms with Crippen molar-refractivity contribution < 1.29 is 14.6 Å². The van der Waals surface area contributed by atoms with Crippen LogP contribution in [-0.4, -0.2) is 42.9 Å². The molecule has 1 aliphatic heterocycles. The van der Waals surface area contributed by atoms with Crippen LogP contribution in [0.3, 0.4) is 0 Å². The molecule has 2 rings (SSSR count). The Balaban J connectivity index is 2.02. The van der Waals surface area contributed by atoms with Crippen molar-refractivity contribution in [3.05, 3.63) is 11.1 Å². The molecular weight excluding hydrogens is 276 g/mol. The molecule has 0 aliphatic carbocycles. The number of rotatable bonds is 5. The molecule has 20 heavy (non-hydrogen) atoms. The maximum atomic E-state index is 11.3. The number of carboxylic acids is 1. The summed E-state index contributed by atoms with van der Waals surface area (Å²) in [4.78, 5) is 17.8. The molecule has 1 unspecified atom stereocenters. The Morgan fingerprint density at radius 2 is 2.40 bits per heavy atom. The number of carboxylic acid groups (broad SMARTS) is 1. The molecule has 0 saturated carbocycles. The van der Waals surface area contributed by atoms with E-state index in [1.54, 1.807) is 13.8 Å². The zero-order valence-corrected chi connectivity index (χ0v) is 13.1. The third-order valence-corrected chi connectivity index (χ3v) is 4.74. The van der Waals surface area contributed by atoms with Crippen molar-refractivity contribution in [1.29, 1.82) is 0 Å². The third-order valence-electron chi connectivity index (χ3n) is 3.78. The summed E-state index contributed by atoms with van der Waals surface area (Å²) in [5.74, 6) is -0.314. The molecule has 1 aliphatic rings. The predicted octanol–water partition coefficient (Wildman–Crippen LogP) is 2.37. The van der Waals surface area contributed by atoms with E-state index in [4.69, 9.17) is 4.74 Å². The highest BCUT2D eigenvalue weighted by molar-refractivity contribution is 7.13. The lowest BCUT2D eigenvalue weighted by Gasteiger charge is -2.26. The van der Waals surface area contributed by atoms with Crippen LogP contribution in [0.4, 0.5) is 5.13 Å². The second-order valence-electron chi connectivity index (χ2n) is 5.91. The molecule has 0 spiro atoms. The van der Waals surface area contributed by atoms with Crippen LogP contribution in [0.2, 0.25) is 0 Å². The Labute approximate surface area is 123 Å². The summed E-state index contributed by atoms with van der Waals surface area (Å²) >= 11 is 1.50. The standard InChI is InChI=1S/C14H22N2O3S/c1-14(2,12(17)18)11-9-20-13(15-11)16(3)7-10-5-4-6-19-8-10/h9-10H,4-8H2,1-3H3,(H,17,18). The summed E-state index contributed by atoms with van der Waals surface area (Å²) in [5.41, 5.74) is -0.319. The van der Waals surface area contributed by atoms with Crippen molar-refractivity contribution in [3.63, 3.8) is 0 Å². The molecule has 2 heterocycles. The summed E-state index contributed by atoms with van der Waals surface area (Å²) in [6.07, 6.45) is 2.30. The van der Waals surface area contributed by atoms with Gasteiger partial charge < -0.3 is 14.7 Å². The van der Waals surface area contributed by atoms with Crippen LogP contribution >= 0.6 is 11.3 Å². The number of aliphatic carboxylic acids is 1. The number of nitrogens with zero attached hydrogens (tertiary/aromatic N) is 2. The Kier molecular flexibility index (Phi) is 4.65. The van der Waals surface area contributed by atoms with Crippen molar-refractivity contribution in [2.45, 2.75) is 32.1 Å². The van der Waals surface area contributed by atoms with Crippen LogP contribution in [0.1, 0.15) is 32.4 Å². The normalized spacial score (nSPS) is 19.9. The first-order valence-electron chi connectivity index (χ1n) is 6.89. The van der Waals surface area contributed by atoms with Gasteiger partial charge in [0.1, 0.15) is 5.41 Å². The Hall–Kier alpha value is -1.14. The van der Waals surface area contributed by atoms with E-state index in [-0.39, 0.29) is 0 Å². The molecule has 1 fully saturated rings. The van der Waals surface area contributed by atoms with Crippen molar-refractivity contribution in [3.8, 4) is 0 Å². The summed E-state index contributed by atoms with van der Waals surface area (Å²) < 4.78 is 5.49. The number of hydrogen-bond donors (Lipinski definition) is 1.